The van der Waals surface area contributed by atoms with Crippen molar-refractivity contribution in [1.29, 1.82) is 0 Å². The molecule has 2 aromatic carbocycles. The van der Waals surface area contributed by atoms with Gasteiger partial charge in [0.25, 0.3) is 0 Å². The zero-order valence-corrected chi connectivity index (χ0v) is 17.5. The molecule has 1 heterocycles. The number of alkyl carbamates (subject to hydrolysis) is 1. The Morgan fingerprint density at radius 1 is 1.16 bits per heavy atom. The van der Waals surface area contributed by atoms with Crippen molar-refractivity contribution in [1.82, 2.24) is 5.32 Å². The van der Waals surface area contributed by atoms with E-state index in [4.69, 9.17) is 25.5 Å². The lowest BCUT2D eigenvalue weighted by atomic mass is 10.1. The molecule has 0 saturated carbocycles. The van der Waals surface area contributed by atoms with Crippen molar-refractivity contribution in [3.8, 4) is 5.75 Å². The van der Waals surface area contributed by atoms with Gasteiger partial charge in [0.1, 0.15) is 18.2 Å². The molecule has 0 spiro atoms. The van der Waals surface area contributed by atoms with Gasteiger partial charge in [-0.25, -0.2) is 14.4 Å². The van der Waals surface area contributed by atoms with Crippen LogP contribution in [0.2, 0.25) is 5.02 Å². The maximum absolute atomic E-state index is 12.4. The van der Waals surface area contributed by atoms with Crippen LogP contribution < -0.4 is 15.7 Å². The Morgan fingerprint density at radius 3 is 2.68 bits per heavy atom. The molecule has 0 fully saturated rings. The predicted molar refractivity (Wildman–Crippen MR) is 114 cm³/mol. The Hall–Kier alpha value is -3.32. The molecule has 0 unspecified atom stereocenters. The predicted octanol–water partition coefficient (Wildman–Crippen LogP) is 4.16. The van der Waals surface area contributed by atoms with Gasteiger partial charge in [0, 0.05) is 17.0 Å². The van der Waals surface area contributed by atoms with E-state index < -0.39 is 18.1 Å². The van der Waals surface area contributed by atoms with Gasteiger partial charge in [0.15, 0.2) is 5.75 Å². The van der Waals surface area contributed by atoms with Crippen molar-refractivity contribution in [2.75, 3.05) is 0 Å². The molecular formula is C23H20ClNO6. The Balaban J connectivity index is 1.43. The summed E-state index contributed by atoms with van der Waals surface area (Å²) >= 11 is 6.31. The van der Waals surface area contributed by atoms with Gasteiger partial charge < -0.3 is 19.2 Å². The summed E-state index contributed by atoms with van der Waals surface area (Å²) in [6, 6.07) is 11.2. The number of aryl methyl sites for hydroxylation is 1. The molecular weight excluding hydrogens is 422 g/mol. The van der Waals surface area contributed by atoms with E-state index in [1.807, 2.05) is 30.3 Å². The number of rotatable bonds is 5. The minimum absolute atomic E-state index is 0.0477. The number of esters is 1. The fraction of sp³-hybridized carbons (Fsp3) is 0.261. The number of carbonyl (C=O) groups is 2. The number of ether oxygens (including phenoxy) is 2. The molecule has 1 N–H and O–H groups in total. The summed E-state index contributed by atoms with van der Waals surface area (Å²) in [6.45, 7) is 1.54. The maximum atomic E-state index is 12.4. The number of hydrogen-bond acceptors (Lipinski definition) is 6. The van der Waals surface area contributed by atoms with Gasteiger partial charge in [-0.1, -0.05) is 41.9 Å². The highest BCUT2D eigenvalue weighted by atomic mass is 35.5. The highest BCUT2D eigenvalue weighted by Gasteiger charge is 2.23. The van der Waals surface area contributed by atoms with Crippen LogP contribution in [0.25, 0.3) is 11.0 Å². The first-order chi connectivity index (χ1) is 14.9. The highest BCUT2D eigenvalue weighted by molar-refractivity contribution is 6.33. The summed E-state index contributed by atoms with van der Waals surface area (Å²) < 4.78 is 15.8. The van der Waals surface area contributed by atoms with E-state index in [1.54, 1.807) is 6.07 Å². The molecule has 0 aliphatic heterocycles. The molecule has 3 aromatic rings. The fourth-order valence-electron chi connectivity index (χ4n) is 3.56. The van der Waals surface area contributed by atoms with Crippen molar-refractivity contribution >= 4 is 34.6 Å². The summed E-state index contributed by atoms with van der Waals surface area (Å²) in [5.74, 6) is -0.687. The van der Waals surface area contributed by atoms with Crippen molar-refractivity contribution in [2.24, 2.45) is 0 Å². The highest BCUT2D eigenvalue weighted by Crippen LogP contribution is 2.34. The van der Waals surface area contributed by atoms with E-state index in [1.165, 1.54) is 13.0 Å². The number of nitrogens with one attached hydrogen (secondary N) is 1. The maximum Gasteiger partial charge on any atom is 0.408 e. The number of hydrogen-bond donors (Lipinski definition) is 1. The number of amides is 1. The lowest BCUT2D eigenvalue weighted by Gasteiger charge is -2.14. The fourth-order valence-corrected chi connectivity index (χ4v) is 3.76. The van der Waals surface area contributed by atoms with Crippen molar-refractivity contribution in [2.45, 2.75) is 38.8 Å². The van der Waals surface area contributed by atoms with E-state index in [-0.39, 0.29) is 23.0 Å². The average molecular weight is 442 g/mol. The van der Waals surface area contributed by atoms with Gasteiger partial charge in [0.2, 0.25) is 0 Å². The van der Waals surface area contributed by atoms with Crippen LogP contribution in [0.15, 0.2) is 51.7 Å². The van der Waals surface area contributed by atoms with Crippen molar-refractivity contribution in [3.05, 3.63) is 74.6 Å². The van der Waals surface area contributed by atoms with Gasteiger partial charge in [-0.05, 0) is 43.4 Å². The lowest BCUT2D eigenvalue weighted by Crippen LogP contribution is -2.41. The first kappa shape index (κ1) is 20.9. The molecule has 0 bridgehead atoms. The smallest absolute Gasteiger partial charge is 0.408 e. The van der Waals surface area contributed by atoms with Gasteiger partial charge in [-0.15, -0.1) is 0 Å². The Morgan fingerprint density at radius 2 is 1.90 bits per heavy atom. The molecule has 1 amide bonds. The van der Waals surface area contributed by atoms with Gasteiger partial charge in [-0.2, -0.15) is 0 Å². The second kappa shape index (κ2) is 8.81. The van der Waals surface area contributed by atoms with Crippen LogP contribution in [0.1, 0.15) is 30.0 Å². The van der Waals surface area contributed by atoms with E-state index in [2.05, 4.69) is 5.32 Å². The third kappa shape index (κ3) is 4.56. The number of fused-ring (bicyclic) bond motifs is 3. The Bertz CT molecular complexity index is 1200. The van der Waals surface area contributed by atoms with Crippen LogP contribution in [0.4, 0.5) is 4.79 Å². The lowest BCUT2D eigenvalue weighted by molar-refractivity contribution is -0.136. The van der Waals surface area contributed by atoms with Crippen LogP contribution in [-0.4, -0.2) is 18.1 Å². The first-order valence-corrected chi connectivity index (χ1v) is 10.3. The van der Waals surface area contributed by atoms with Crippen LogP contribution in [0, 0.1) is 0 Å². The largest absolute Gasteiger partial charge is 0.445 e. The van der Waals surface area contributed by atoms with E-state index in [0.717, 1.165) is 29.4 Å². The third-order valence-corrected chi connectivity index (χ3v) is 5.43. The van der Waals surface area contributed by atoms with Gasteiger partial charge >= 0.3 is 17.7 Å². The standard InChI is InChI=1S/C23H20ClNO6/c1-13(25-23(28)29-12-14-6-3-2-4-7-14)21(26)31-20-11-19-17(10-18(20)24)15-8-5-9-16(15)22(27)30-19/h2-4,6-7,10-11,13H,5,8-9,12H2,1H3,(H,25,28)/t13-/m1/s1. The van der Waals surface area contributed by atoms with Crippen molar-refractivity contribution in [3.63, 3.8) is 0 Å². The van der Waals surface area contributed by atoms with E-state index in [9.17, 15) is 14.4 Å². The zero-order chi connectivity index (χ0) is 22.0. The summed E-state index contributed by atoms with van der Waals surface area (Å²) in [5.41, 5.74) is 2.36. The minimum atomic E-state index is -0.984. The quantitative estimate of drug-likeness (QED) is 0.363. The second-order valence-corrected chi connectivity index (χ2v) is 7.74. The van der Waals surface area contributed by atoms with Crippen LogP contribution in [0.5, 0.6) is 5.75 Å². The topological polar surface area (TPSA) is 94.8 Å². The second-order valence-electron chi connectivity index (χ2n) is 7.33. The number of carbonyl (C=O) groups excluding carboxylic acids is 2. The summed E-state index contributed by atoms with van der Waals surface area (Å²) in [7, 11) is 0. The average Bonchev–Trinajstić information content (AvgIpc) is 3.25. The SMILES string of the molecule is C[C@@H](NC(=O)OCc1ccccc1)C(=O)Oc1cc2oc(=O)c3c(c2cc1Cl)CCC3. The summed E-state index contributed by atoms with van der Waals surface area (Å²) in [6.07, 6.45) is 1.60. The first-order valence-electron chi connectivity index (χ1n) is 9.89. The molecule has 31 heavy (non-hydrogen) atoms. The molecule has 1 aliphatic carbocycles. The molecule has 4 rings (SSSR count). The molecule has 8 heteroatoms. The normalized spacial score (nSPS) is 13.5. The Labute approximate surface area is 182 Å². The molecule has 0 radical (unpaired) electrons. The van der Waals surface area contributed by atoms with Gasteiger partial charge in [0.05, 0.1) is 5.02 Å². The molecule has 1 aliphatic rings. The molecule has 160 valence electrons. The van der Waals surface area contributed by atoms with Crippen LogP contribution >= 0.6 is 11.6 Å². The van der Waals surface area contributed by atoms with E-state index >= 15 is 0 Å². The zero-order valence-electron chi connectivity index (χ0n) is 16.8. The van der Waals surface area contributed by atoms with Crippen LogP contribution in [0.3, 0.4) is 0 Å². The Kier molecular flexibility index (Phi) is 5.95. The van der Waals surface area contributed by atoms with Gasteiger partial charge in [-0.3, -0.25) is 0 Å². The minimum Gasteiger partial charge on any atom is -0.445 e. The van der Waals surface area contributed by atoms with Crippen molar-refractivity contribution < 1.29 is 23.5 Å². The molecule has 0 saturated heterocycles. The monoisotopic (exact) mass is 441 g/mol. The van der Waals surface area contributed by atoms with E-state index in [0.29, 0.717) is 17.6 Å². The number of benzene rings is 2. The summed E-state index contributed by atoms with van der Waals surface area (Å²) in [4.78, 5) is 36.5. The molecule has 7 nitrogen and oxygen atoms in total. The summed E-state index contributed by atoms with van der Waals surface area (Å²) in [5, 5.41) is 3.37. The molecule has 1 aromatic heterocycles. The number of halogens is 1. The molecule has 1 atom stereocenters. The third-order valence-electron chi connectivity index (χ3n) is 5.14. The van der Waals surface area contributed by atoms with Crippen LogP contribution in [-0.2, 0) is 29.0 Å².